The first-order valence-corrected chi connectivity index (χ1v) is 5.97. The summed E-state index contributed by atoms with van der Waals surface area (Å²) in [6.45, 7) is 3.43. The van der Waals surface area contributed by atoms with Crippen molar-refractivity contribution in [2.24, 2.45) is 0 Å². The van der Waals surface area contributed by atoms with Gasteiger partial charge in [-0.2, -0.15) is 0 Å². The maximum atomic E-state index is 12.4. The molecule has 2 rings (SSSR count). The van der Waals surface area contributed by atoms with Gasteiger partial charge in [0.2, 0.25) is 5.91 Å². The summed E-state index contributed by atoms with van der Waals surface area (Å²) in [5, 5.41) is 2.74. The van der Waals surface area contributed by atoms with E-state index in [4.69, 9.17) is 0 Å². The SMILES string of the molecule is CC(=O)Nc1ccc2c(c1)CC(C)(N(C)C)C2=O. The molecule has 1 amide bonds. The molecule has 0 fully saturated rings. The molecule has 1 aromatic carbocycles. The highest BCUT2D eigenvalue weighted by Gasteiger charge is 2.43. The highest BCUT2D eigenvalue weighted by molar-refractivity contribution is 6.08. The Labute approximate surface area is 107 Å². The van der Waals surface area contributed by atoms with Gasteiger partial charge in [-0.05, 0) is 51.2 Å². The number of hydrogen-bond donors (Lipinski definition) is 1. The monoisotopic (exact) mass is 246 g/mol. The van der Waals surface area contributed by atoms with Gasteiger partial charge in [0.1, 0.15) is 0 Å². The van der Waals surface area contributed by atoms with E-state index >= 15 is 0 Å². The van der Waals surface area contributed by atoms with Crippen molar-refractivity contribution in [2.75, 3.05) is 19.4 Å². The van der Waals surface area contributed by atoms with Gasteiger partial charge in [0, 0.05) is 18.2 Å². The van der Waals surface area contributed by atoms with Crippen LogP contribution in [0.1, 0.15) is 29.8 Å². The number of nitrogens with zero attached hydrogens (tertiary/aromatic N) is 1. The molecule has 0 bridgehead atoms. The fourth-order valence-electron chi connectivity index (χ4n) is 2.34. The Morgan fingerprint density at radius 1 is 1.39 bits per heavy atom. The van der Waals surface area contributed by atoms with Gasteiger partial charge in [-0.1, -0.05) is 0 Å². The van der Waals surface area contributed by atoms with Gasteiger partial charge >= 0.3 is 0 Å². The van der Waals surface area contributed by atoms with Crippen LogP contribution in [0.4, 0.5) is 5.69 Å². The van der Waals surface area contributed by atoms with E-state index < -0.39 is 5.54 Å². The fourth-order valence-corrected chi connectivity index (χ4v) is 2.34. The van der Waals surface area contributed by atoms with Crippen molar-refractivity contribution < 1.29 is 9.59 Å². The molecule has 1 N–H and O–H groups in total. The minimum atomic E-state index is -0.475. The van der Waals surface area contributed by atoms with Crippen LogP contribution in [0.2, 0.25) is 0 Å². The molecule has 18 heavy (non-hydrogen) atoms. The molecule has 0 aromatic heterocycles. The van der Waals surface area contributed by atoms with Crippen LogP contribution in [0.25, 0.3) is 0 Å². The van der Waals surface area contributed by atoms with Gasteiger partial charge in [-0.25, -0.2) is 0 Å². The quantitative estimate of drug-likeness (QED) is 0.864. The van der Waals surface area contributed by atoms with Gasteiger partial charge in [0.25, 0.3) is 0 Å². The number of hydrogen-bond acceptors (Lipinski definition) is 3. The molecule has 1 aromatic rings. The summed E-state index contributed by atoms with van der Waals surface area (Å²) < 4.78 is 0. The average molecular weight is 246 g/mol. The highest BCUT2D eigenvalue weighted by atomic mass is 16.1. The number of ketones is 1. The first-order chi connectivity index (χ1) is 8.34. The molecule has 0 saturated carbocycles. The Hall–Kier alpha value is -1.68. The van der Waals surface area contributed by atoms with Gasteiger partial charge < -0.3 is 5.32 Å². The van der Waals surface area contributed by atoms with Crippen LogP contribution in [0.15, 0.2) is 18.2 Å². The first kappa shape index (κ1) is 12.8. The van der Waals surface area contributed by atoms with Crippen molar-refractivity contribution in [3.8, 4) is 0 Å². The van der Waals surface area contributed by atoms with Crippen molar-refractivity contribution in [1.82, 2.24) is 4.90 Å². The largest absolute Gasteiger partial charge is 0.326 e. The second kappa shape index (κ2) is 4.21. The zero-order valence-electron chi connectivity index (χ0n) is 11.2. The van der Waals surface area contributed by atoms with Crippen LogP contribution >= 0.6 is 0 Å². The maximum Gasteiger partial charge on any atom is 0.221 e. The summed E-state index contributed by atoms with van der Waals surface area (Å²) >= 11 is 0. The zero-order valence-corrected chi connectivity index (χ0v) is 11.2. The average Bonchev–Trinajstić information content (AvgIpc) is 2.51. The maximum absolute atomic E-state index is 12.4. The summed E-state index contributed by atoms with van der Waals surface area (Å²) in [5.74, 6) is 0.0477. The summed E-state index contributed by atoms with van der Waals surface area (Å²) in [6.07, 6.45) is 0.682. The molecule has 4 nitrogen and oxygen atoms in total. The highest BCUT2D eigenvalue weighted by Crippen LogP contribution is 2.34. The fraction of sp³-hybridized carbons (Fsp3) is 0.429. The van der Waals surface area contributed by atoms with Gasteiger partial charge in [-0.3, -0.25) is 14.5 Å². The summed E-state index contributed by atoms with van der Waals surface area (Å²) in [4.78, 5) is 25.3. The zero-order chi connectivity index (χ0) is 13.5. The van der Waals surface area contributed by atoms with Crippen molar-refractivity contribution >= 4 is 17.4 Å². The third kappa shape index (κ3) is 1.93. The third-order valence-corrected chi connectivity index (χ3v) is 3.68. The summed E-state index contributed by atoms with van der Waals surface area (Å²) in [7, 11) is 3.83. The smallest absolute Gasteiger partial charge is 0.221 e. The molecule has 0 heterocycles. The van der Waals surface area contributed by atoms with Gasteiger partial charge in [0.05, 0.1) is 5.54 Å². The van der Waals surface area contributed by atoms with E-state index in [-0.39, 0.29) is 11.7 Å². The lowest BCUT2D eigenvalue weighted by molar-refractivity contribution is -0.114. The van der Waals surface area contributed by atoms with E-state index in [9.17, 15) is 9.59 Å². The van der Waals surface area contributed by atoms with E-state index in [1.165, 1.54) is 6.92 Å². The number of carbonyl (C=O) groups is 2. The normalized spacial score (nSPS) is 22.2. The number of fused-ring (bicyclic) bond motifs is 1. The number of nitrogens with one attached hydrogen (secondary N) is 1. The summed E-state index contributed by atoms with van der Waals surface area (Å²) in [6, 6.07) is 5.47. The number of anilines is 1. The number of rotatable bonds is 2. The third-order valence-electron chi connectivity index (χ3n) is 3.68. The molecule has 1 atom stereocenters. The van der Waals surface area contributed by atoms with Crippen LogP contribution in [0.3, 0.4) is 0 Å². The minimum absolute atomic E-state index is 0.102. The number of likely N-dealkylation sites (N-methyl/N-ethyl adjacent to an activating group) is 1. The van der Waals surface area contributed by atoms with Crippen LogP contribution in [0, 0.1) is 0 Å². The van der Waals surface area contributed by atoms with Crippen molar-refractivity contribution in [2.45, 2.75) is 25.8 Å². The molecule has 96 valence electrons. The van der Waals surface area contributed by atoms with Crippen molar-refractivity contribution in [3.05, 3.63) is 29.3 Å². The Morgan fingerprint density at radius 3 is 2.61 bits per heavy atom. The predicted molar refractivity (Wildman–Crippen MR) is 70.9 cm³/mol. The van der Waals surface area contributed by atoms with Crippen LogP contribution in [-0.4, -0.2) is 36.2 Å². The molecule has 1 unspecified atom stereocenters. The molecule has 0 radical (unpaired) electrons. The number of benzene rings is 1. The van der Waals surface area contributed by atoms with Crippen molar-refractivity contribution in [3.63, 3.8) is 0 Å². The van der Waals surface area contributed by atoms with Crippen LogP contribution in [0.5, 0.6) is 0 Å². The molecule has 1 aliphatic carbocycles. The van der Waals surface area contributed by atoms with E-state index in [0.717, 1.165) is 16.8 Å². The van der Waals surface area contributed by atoms with Gasteiger partial charge in [-0.15, -0.1) is 0 Å². The molecule has 1 aliphatic rings. The second-order valence-corrected chi connectivity index (χ2v) is 5.23. The van der Waals surface area contributed by atoms with E-state index in [0.29, 0.717) is 6.42 Å². The molecular formula is C14H18N2O2. The van der Waals surface area contributed by atoms with Crippen LogP contribution in [-0.2, 0) is 11.2 Å². The number of amides is 1. The van der Waals surface area contributed by atoms with Crippen molar-refractivity contribution in [1.29, 1.82) is 0 Å². The molecule has 0 spiro atoms. The molecule has 4 heteroatoms. The second-order valence-electron chi connectivity index (χ2n) is 5.23. The minimum Gasteiger partial charge on any atom is -0.326 e. The molecule has 0 saturated heterocycles. The lowest BCUT2D eigenvalue weighted by Gasteiger charge is -2.30. The van der Waals surface area contributed by atoms with Crippen LogP contribution < -0.4 is 5.32 Å². The Morgan fingerprint density at radius 2 is 2.06 bits per heavy atom. The topological polar surface area (TPSA) is 49.4 Å². The summed E-state index contributed by atoms with van der Waals surface area (Å²) in [5.41, 5.74) is 2.04. The Balaban J connectivity index is 2.37. The Bertz CT molecular complexity index is 523. The van der Waals surface area contributed by atoms with E-state index in [2.05, 4.69) is 5.32 Å². The van der Waals surface area contributed by atoms with E-state index in [1.807, 2.05) is 32.0 Å². The lowest BCUT2D eigenvalue weighted by Crippen LogP contribution is -2.46. The van der Waals surface area contributed by atoms with Gasteiger partial charge in [0.15, 0.2) is 5.78 Å². The lowest BCUT2D eigenvalue weighted by atomic mass is 9.96. The predicted octanol–water partition coefficient (Wildman–Crippen LogP) is 1.70. The van der Waals surface area contributed by atoms with E-state index in [1.54, 1.807) is 12.1 Å². The standard InChI is InChI=1S/C14H18N2O2/c1-9(17)15-11-5-6-12-10(7-11)8-14(2,13(12)18)16(3)4/h5-7H,8H2,1-4H3,(H,15,17). The first-order valence-electron chi connectivity index (χ1n) is 5.97. The molecular weight excluding hydrogens is 228 g/mol. The number of carbonyl (C=O) groups excluding carboxylic acids is 2. The molecule has 0 aliphatic heterocycles. The number of Topliss-reactive ketones (excluding diaryl/α,β-unsaturated/α-hetero) is 1. The Kier molecular flexibility index (Phi) is 2.99.